The molecular formula is C32H42N4O. The molecule has 0 aliphatic heterocycles. The van der Waals surface area contributed by atoms with Gasteiger partial charge in [0.15, 0.2) is 5.78 Å². The number of aromatic nitrogens is 2. The molecule has 1 unspecified atom stereocenters. The van der Waals surface area contributed by atoms with E-state index in [0.717, 1.165) is 41.9 Å². The third kappa shape index (κ3) is 7.63. The van der Waals surface area contributed by atoms with E-state index in [4.69, 9.17) is 10.7 Å². The van der Waals surface area contributed by atoms with Gasteiger partial charge < -0.3 is 10.3 Å². The molecule has 0 fully saturated rings. The van der Waals surface area contributed by atoms with Gasteiger partial charge in [-0.05, 0) is 55.2 Å². The highest BCUT2D eigenvalue weighted by atomic mass is 16.1. The number of nitriles is 1. The van der Waals surface area contributed by atoms with Crippen molar-refractivity contribution in [1.29, 1.82) is 5.26 Å². The molecule has 3 aromatic rings. The Morgan fingerprint density at radius 3 is 2.30 bits per heavy atom. The zero-order valence-electron chi connectivity index (χ0n) is 23.5. The molecule has 0 amide bonds. The molecular weight excluding hydrogens is 456 g/mol. The maximum atomic E-state index is 13.2. The van der Waals surface area contributed by atoms with Crippen molar-refractivity contribution in [3.8, 4) is 17.3 Å². The van der Waals surface area contributed by atoms with E-state index in [9.17, 15) is 10.1 Å². The molecule has 5 nitrogen and oxygen atoms in total. The number of carbonyl (C=O) groups is 1. The van der Waals surface area contributed by atoms with Crippen LogP contribution in [0.5, 0.6) is 0 Å². The number of nitrogens with zero attached hydrogens (tertiary/aromatic N) is 3. The lowest BCUT2D eigenvalue weighted by Gasteiger charge is -2.19. The lowest BCUT2D eigenvalue weighted by Crippen LogP contribution is -2.23. The van der Waals surface area contributed by atoms with Gasteiger partial charge >= 0.3 is 0 Å². The number of imidazole rings is 1. The number of rotatable bonds is 10. The van der Waals surface area contributed by atoms with Crippen LogP contribution in [0.2, 0.25) is 0 Å². The number of nitrogens with two attached hydrogens (primary N) is 1. The topological polar surface area (TPSA) is 84.7 Å². The Morgan fingerprint density at radius 1 is 1.08 bits per heavy atom. The van der Waals surface area contributed by atoms with Crippen LogP contribution in [0.4, 0.5) is 0 Å². The average Bonchev–Trinajstić information content (AvgIpc) is 3.21. The standard InChI is InChI=1S/C32H42N4O/c1-21(2)14-26-12-13-27(18-28(26)19-33)30(37)17-24(15-22(3)34)16-23-8-10-25(11-9-23)29-20-36(7)31(35-29)32(4,5)6/h8-13,18,20-22,24H,14-17,34H2,1-7H3/t22?,24-/m1/s1. The van der Waals surface area contributed by atoms with Crippen LogP contribution in [-0.4, -0.2) is 21.4 Å². The monoisotopic (exact) mass is 498 g/mol. The van der Waals surface area contributed by atoms with Crippen molar-refractivity contribution in [3.63, 3.8) is 0 Å². The van der Waals surface area contributed by atoms with Gasteiger partial charge in [0, 0.05) is 42.2 Å². The van der Waals surface area contributed by atoms with Crippen molar-refractivity contribution in [2.75, 3.05) is 0 Å². The summed E-state index contributed by atoms with van der Waals surface area (Å²) in [6, 6.07) is 16.3. The number of Topliss-reactive ketones (excluding diaryl/α,β-unsaturated/α-hetero) is 1. The highest BCUT2D eigenvalue weighted by Gasteiger charge is 2.21. The molecule has 3 rings (SSSR count). The summed E-state index contributed by atoms with van der Waals surface area (Å²) in [6.07, 6.45) is 4.86. The fraction of sp³-hybridized carbons (Fsp3) is 0.469. The molecule has 1 aromatic heterocycles. The van der Waals surface area contributed by atoms with Crippen LogP contribution in [0.1, 0.15) is 87.3 Å². The van der Waals surface area contributed by atoms with Crippen molar-refractivity contribution in [3.05, 3.63) is 76.7 Å². The predicted octanol–water partition coefficient (Wildman–Crippen LogP) is 6.62. The van der Waals surface area contributed by atoms with Crippen LogP contribution in [0.3, 0.4) is 0 Å². The maximum Gasteiger partial charge on any atom is 0.163 e. The van der Waals surface area contributed by atoms with Crippen molar-refractivity contribution in [2.24, 2.45) is 24.6 Å². The van der Waals surface area contributed by atoms with Gasteiger partial charge in [-0.2, -0.15) is 5.26 Å². The SMILES string of the molecule is CC(C)Cc1ccc(C(=O)C[C@@H](Cc2ccc(-c3cn(C)c(C(C)(C)C)n3)cc2)CC(C)N)cc1C#N. The molecule has 5 heteroatoms. The number of hydrogen-bond donors (Lipinski definition) is 1. The fourth-order valence-corrected chi connectivity index (χ4v) is 5.06. The second-order valence-electron chi connectivity index (χ2n) is 12.0. The number of ketones is 1. The van der Waals surface area contributed by atoms with Crippen LogP contribution < -0.4 is 5.73 Å². The lowest BCUT2D eigenvalue weighted by atomic mass is 9.86. The van der Waals surface area contributed by atoms with Gasteiger partial charge in [0.05, 0.1) is 17.3 Å². The van der Waals surface area contributed by atoms with E-state index >= 15 is 0 Å². The minimum Gasteiger partial charge on any atom is -0.337 e. The zero-order valence-corrected chi connectivity index (χ0v) is 23.5. The van der Waals surface area contributed by atoms with Crippen LogP contribution in [0, 0.1) is 23.2 Å². The summed E-state index contributed by atoms with van der Waals surface area (Å²) in [7, 11) is 2.04. The van der Waals surface area contributed by atoms with Crippen molar-refractivity contribution in [1.82, 2.24) is 9.55 Å². The molecule has 0 radical (unpaired) electrons. The van der Waals surface area contributed by atoms with Gasteiger partial charge in [-0.25, -0.2) is 4.98 Å². The molecule has 196 valence electrons. The smallest absolute Gasteiger partial charge is 0.163 e. The van der Waals surface area contributed by atoms with E-state index in [2.05, 4.69) is 75.7 Å². The predicted molar refractivity (Wildman–Crippen MR) is 151 cm³/mol. The second-order valence-corrected chi connectivity index (χ2v) is 12.0. The minimum atomic E-state index is -0.0195. The molecule has 37 heavy (non-hydrogen) atoms. The van der Waals surface area contributed by atoms with Crippen LogP contribution >= 0.6 is 0 Å². The van der Waals surface area contributed by atoms with E-state index in [1.165, 1.54) is 5.56 Å². The van der Waals surface area contributed by atoms with Crippen LogP contribution in [0.15, 0.2) is 48.7 Å². The molecule has 0 bridgehead atoms. The Morgan fingerprint density at radius 2 is 1.76 bits per heavy atom. The molecule has 2 N–H and O–H groups in total. The van der Waals surface area contributed by atoms with Crippen LogP contribution in [0.25, 0.3) is 11.3 Å². The van der Waals surface area contributed by atoms with Gasteiger partial charge in [0.25, 0.3) is 0 Å². The quantitative estimate of drug-likeness (QED) is 0.318. The second kappa shape index (κ2) is 11.9. The normalized spacial score (nSPS) is 13.4. The van der Waals surface area contributed by atoms with E-state index < -0.39 is 0 Å². The van der Waals surface area contributed by atoms with E-state index in [-0.39, 0.29) is 23.2 Å². The number of aryl methyl sites for hydroxylation is 1. The Balaban J connectivity index is 1.75. The Bertz CT molecular complexity index is 1250. The van der Waals surface area contributed by atoms with Gasteiger partial charge in [0.1, 0.15) is 5.82 Å². The number of carbonyl (C=O) groups excluding carboxylic acids is 1. The first-order valence-electron chi connectivity index (χ1n) is 13.3. The molecule has 0 spiro atoms. The third-order valence-electron chi connectivity index (χ3n) is 6.68. The first-order chi connectivity index (χ1) is 17.4. The zero-order chi connectivity index (χ0) is 27.3. The van der Waals surface area contributed by atoms with E-state index in [0.29, 0.717) is 23.5 Å². The van der Waals surface area contributed by atoms with Crippen LogP contribution in [-0.2, 0) is 25.3 Å². The third-order valence-corrected chi connectivity index (χ3v) is 6.68. The first kappa shape index (κ1) is 28.3. The van der Waals surface area contributed by atoms with Crippen molar-refractivity contribution < 1.29 is 4.79 Å². The summed E-state index contributed by atoms with van der Waals surface area (Å²) >= 11 is 0. The average molecular weight is 499 g/mol. The molecule has 1 heterocycles. The summed E-state index contributed by atoms with van der Waals surface area (Å²) in [4.78, 5) is 18.1. The molecule has 2 aromatic carbocycles. The highest BCUT2D eigenvalue weighted by molar-refractivity contribution is 5.96. The van der Waals surface area contributed by atoms with E-state index in [1.54, 1.807) is 6.07 Å². The van der Waals surface area contributed by atoms with Crippen molar-refractivity contribution >= 4 is 5.78 Å². The van der Waals surface area contributed by atoms with Gasteiger partial charge in [-0.3, -0.25) is 4.79 Å². The number of hydrogen-bond acceptors (Lipinski definition) is 4. The van der Waals surface area contributed by atoms with Gasteiger partial charge in [0.2, 0.25) is 0 Å². The highest BCUT2D eigenvalue weighted by Crippen LogP contribution is 2.27. The fourth-order valence-electron chi connectivity index (χ4n) is 5.06. The molecule has 2 atom stereocenters. The summed E-state index contributed by atoms with van der Waals surface area (Å²) in [5.41, 5.74) is 11.6. The number of benzene rings is 2. The summed E-state index contributed by atoms with van der Waals surface area (Å²) in [5.74, 6) is 1.70. The lowest BCUT2D eigenvalue weighted by molar-refractivity contribution is 0.0957. The Hall–Kier alpha value is -3.23. The molecule has 0 saturated heterocycles. The Labute approximate surface area is 222 Å². The van der Waals surface area contributed by atoms with Crippen molar-refractivity contribution in [2.45, 2.75) is 78.7 Å². The maximum absolute atomic E-state index is 13.2. The minimum absolute atomic E-state index is 0.00417. The first-order valence-corrected chi connectivity index (χ1v) is 13.3. The van der Waals surface area contributed by atoms with E-state index in [1.807, 2.05) is 26.1 Å². The van der Waals surface area contributed by atoms with Gasteiger partial charge in [-0.15, -0.1) is 0 Å². The summed E-state index contributed by atoms with van der Waals surface area (Å²) in [6.45, 7) is 12.8. The molecule has 0 aliphatic rings. The molecule has 0 aliphatic carbocycles. The van der Waals surface area contributed by atoms with Gasteiger partial charge in [-0.1, -0.05) is 71.0 Å². The molecule has 0 saturated carbocycles. The summed E-state index contributed by atoms with van der Waals surface area (Å²) in [5, 5.41) is 9.61. The Kier molecular flexibility index (Phi) is 9.10. The summed E-state index contributed by atoms with van der Waals surface area (Å²) < 4.78 is 2.10. The largest absolute Gasteiger partial charge is 0.337 e.